The van der Waals surface area contributed by atoms with Crippen LogP contribution in [-0.2, 0) is 16.1 Å². The van der Waals surface area contributed by atoms with E-state index in [1.54, 1.807) is 37.3 Å². The highest BCUT2D eigenvalue weighted by atomic mass is 79.9. The van der Waals surface area contributed by atoms with E-state index in [4.69, 9.17) is 16.3 Å². The van der Waals surface area contributed by atoms with E-state index in [2.05, 4.69) is 21.2 Å². The normalized spacial score (nSPS) is 12.7. The van der Waals surface area contributed by atoms with Crippen LogP contribution in [0.3, 0.4) is 0 Å². The topological polar surface area (TPSA) is 58.6 Å². The van der Waals surface area contributed by atoms with Gasteiger partial charge in [0.1, 0.15) is 17.6 Å². The molecule has 0 saturated heterocycles. The van der Waals surface area contributed by atoms with Gasteiger partial charge in [0, 0.05) is 17.1 Å². The number of hydrogen-bond donors (Lipinski definition) is 1. The summed E-state index contributed by atoms with van der Waals surface area (Å²) in [5.41, 5.74) is 0.703. The van der Waals surface area contributed by atoms with Crippen LogP contribution in [0.2, 0.25) is 5.02 Å². The zero-order valence-corrected chi connectivity index (χ0v) is 19.5. The molecule has 8 heteroatoms. The minimum absolute atomic E-state index is 0.0134. The molecule has 0 aliphatic carbocycles. The number of halogens is 3. The van der Waals surface area contributed by atoms with Crippen molar-refractivity contribution in [2.24, 2.45) is 0 Å². The molecule has 0 unspecified atom stereocenters. The molecule has 5 nitrogen and oxygen atoms in total. The Balaban J connectivity index is 2.16. The Hall–Kier alpha value is -2.12. The van der Waals surface area contributed by atoms with E-state index in [0.29, 0.717) is 16.3 Å². The molecule has 0 fully saturated rings. The van der Waals surface area contributed by atoms with Crippen molar-refractivity contribution in [3.8, 4) is 5.75 Å². The first-order valence-electron chi connectivity index (χ1n) is 9.63. The van der Waals surface area contributed by atoms with Crippen molar-refractivity contribution in [1.82, 2.24) is 10.2 Å². The van der Waals surface area contributed by atoms with Crippen molar-refractivity contribution in [3.05, 3.63) is 63.3 Å². The van der Waals surface area contributed by atoms with Gasteiger partial charge in [0.05, 0.1) is 5.02 Å². The van der Waals surface area contributed by atoms with E-state index < -0.39 is 6.04 Å². The summed E-state index contributed by atoms with van der Waals surface area (Å²) in [4.78, 5) is 27.0. The van der Waals surface area contributed by atoms with Crippen LogP contribution in [0.1, 0.15) is 32.8 Å². The summed E-state index contributed by atoms with van der Waals surface area (Å²) in [6.45, 7) is 5.38. The van der Waals surface area contributed by atoms with Gasteiger partial charge in [-0.25, -0.2) is 4.39 Å². The number of carbonyl (C=O) groups excluding carboxylic acids is 2. The van der Waals surface area contributed by atoms with Crippen molar-refractivity contribution in [1.29, 1.82) is 0 Å². The Kier molecular flexibility index (Phi) is 9.11. The summed E-state index contributed by atoms with van der Waals surface area (Å²) < 4.78 is 19.6. The quantitative estimate of drug-likeness (QED) is 0.531. The predicted molar refractivity (Wildman–Crippen MR) is 119 cm³/mol. The minimum Gasteiger partial charge on any atom is -0.482 e. The van der Waals surface area contributed by atoms with Crippen LogP contribution in [0.4, 0.5) is 4.39 Å². The fraction of sp³-hybridized carbons (Fsp3) is 0.364. The van der Waals surface area contributed by atoms with Crippen LogP contribution in [-0.4, -0.2) is 35.4 Å². The molecular weight excluding hydrogens is 475 g/mol. The molecular formula is C22H25BrClFN2O3. The van der Waals surface area contributed by atoms with Gasteiger partial charge in [-0.3, -0.25) is 9.59 Å². The highest BCUT2D eigenvalue weighted by Crippen LogP contribution is 2.27. The Labute approximate surface area is 189 Å². The fourth-order valence-electron chi connectivity index (χ4n) is 2.65. The maximum Gasteiger partial charge on any atom is 0.261 e. The molecule has 2 aromatic rings. The van der Waals surface area contributed by atoms with Crippen molar-refractivity contribution in [3.63, 3.8) is 0 Å². The molecule has 0 heterocycles. The van der Waals surface area contributed by atoms with Crippen LogP contribution >= 0.6 is 27.5 Å². The van der Waals surface area contributed by atoms with Crippen LogP contribution in [0, 0.1) is 5.82 Å². The summed E-state index contributed by atoms with van der Waals surface area (Å²) in [5, 5.41) is 3.25. The number of benzene rings is 2. The second-order valence-electron chi connectivity index (χ2n) is 7.01. The molecule has 2 amide bonds. The third-order valence-corrected chi connectivity index (χ3v) is 5.47. The van der Waals surface area contributed by atoms with E-state index >= 15 is 0 Å². The van der Waals surface area contributed by atoms with Gasteiger partial charge in [0.2, 0.25) is 5.91 Å². The van der Waals surface area contributed by atoms with Gasteiger partial charge in [0.15, 0.2) is 6.61 Å². The maximum absolute atomic E-state index is 13.2. The number of nitrogens with zero attached hydrogens (tertiary/aromatic N) is 1. The summed E-state index contributed by atoms with van der Waals surface area (Å²) in [6.07, 6.45) is 0.773. The van der Waals surface area contributed by atoms with Crippen molar-refractivity contribution in [2.45, 2.75) is 45.8 Å². The van der Waals surface area contributed by atoms with Gasteiger partial charge in [-0.1, -0.05) is 46.6 Å². The lowest BCUT2D eigenvalue weighted by molar-refractivity contribution is -0.142. The van der Waals surface area contributed by atoms with Gasteiger partial charge in [-0.15, -0.1) is 0 Å². The molecule has 0 aliphatic heterocycles. The Bertz CT molecular complexity index is 879. The smallest absolute Gasteiger partial charge is 0.261 e. The number of rotatable bonds is 9. The highest BCUT2D eigenvalue weighted by Gasteiger charge is 2.27. The molecule has 0 spiro atoms. The molecule has 162 valence electrons. The second kappa shape index (κ2) is 11.3. The molecule has 0 saturated carbocycles. The molecule has 2 atom stereocenters. The molecule has 0 aliphatic rings. The van der Waals surface area contributed by atoms with Gasteiger partial charge in [0.25, 0.3) is 5.91 Å². The van der Waals surface area contributed by atoms with E-state index in [-0.39, 0.29) is 36.8 Å². The van der Waals surface area contributed by atoms with Crippen LogP contribution in [0.25, 0.3) is 0 Å². The molecule has 0 bridgehead atoms. The summed E-state index contributed by atoms with van der Waals surface area (Å²) >= 11 is 9.46. The van der Waals surface area contributed by atoms with Gasteiger partial charge >= 0.3 is 0 Å². The number of carbonyl (C=O) groups is 2. The second-order valence-corrected chi connectivity index (χ2v) is 8.33. The third-order valence-electron chi connectivity index (χ3n) is 4.68. The summed E-state index contributed by atoms with van der Waals surface area (Å²) in [7, 11) is 0. The molecule has 30 heavy (non-hydrogen) atoms. The molecule has 2 aromatic carbocycles. The largest absolute Gasteiger partial charge is 0.482 e. The zero-order chi connectivity index (χ0) is 22.3. The van der Waals surface area contributed by atoms with E-state index in [1.807, 2.05) is 13.8 Å². The highest BCUT2D eigenvalue weighted by molar-refractivity contribution is 9.10. The minimum atomic E-state index is -0.736. The fourth-order valence-corrected chi connectivity index (χ4v) is 3.38. The number of ether oxygens (including phenoxy) is 1. The molecule has 0 aromatic heterocycles. The Morgan fingerprint density at radius 3 is 2.47 bits per heavy atom. The standard InChI is InChI=1S/C22H25BrClFN2O3/c1-4-14(2)26-22(29)15(3)27(12-16-5-8-18(25)9-6-16)21(28)13-30-20-10-7-17(23)11-19(20)24/h5-11,14-15H,4,12-13H2,1-3H3,(H,26,29)/t14-,15+/m1/s1. The summed E-state index contributed by atoms with van der Waals surface area (Å²) in [6, 6.07) is 10.1. The Morgan fingerprint density at radius 2 is 1.87 bits per heavy atom. The van der Waals surface area contributed by atoms with E-state index in [0.717, 1.165) is 10.9 Å². The molecule has 2 rings (SSSR count). The maximum atomic E-state index is 13.2. The average molecular weight is 500 g/mol. The van der Waals surface area contributed by atoms with Crippen LogP contribution < -0.4 is 10.1 Å². The SMILES string of the molecule is CC[C@@H](C)NC(=O)[C@H](C)N(Cc1ccc(F)cc1)C(=O)COc1ccc(Br)cc1Cl. The first kappa shape index (κ1) is 24.2. The van der Waals surface area contributed by atoms with Crippen LogP contribution in [0.5, 0.6) is 5.75 Å². The number of amides is 2. The van der Waals surface area contributed by atoms with Gasteiger partial charge < -0.3 is 15.0 Å². The predicted octanol–water partition coefficient (Wildman–Crippen LogP) is 4.95. The average Bonchev–Trinajstić information content (AvgIpc) is 2.71. The Morgan fingerprint density at radius 1 is 1.20 bits per heavy atom. The van der Waals surface area contributed by atoms with Crippen molar-refractivity contribution < 1.29 is 18.7 Å². The lowest BCUT2D eigenvalue weighted by Gasteiger charge is -2.29. The molecule has 0 radical (unpaired) electrons. The lowest BCUT2D eigenvalue weighted by Crippen LogP contribution is -2.50. The third kappa shape index (κ3) is 6.99. The number of hydrogen-bond acceptors (Lipinski definition) is 3. The first-order chi connectivity index (χ1) is 14.2. The van der Waals surface area contributed by atoms with Gasteiger partial charge in [-0.05, 0) is 56.2 Å². The van der Waals surface area contributed by atoms with Crippen molar-refractivity contribution >= 4 is 39.3 Å². The zero-order valence-electron chi connectivity index (χ0n) is 17.1. The number of nitrogens with one attached hydrogen (secondary N) is 1. The van der Waals surface area contributed by atoms with E-state index in [9.17, 15) is 14.0 Å². The summed E-state index contributed by atoms with van der Waals surface area (Å²) in [5.74, 6) is -0.648. The lowest BCUT2D eigenvalue weighted by atomic mass is 10.1. The van der Waals surface area contributed by atoms with Gasteiger partial charge in [-0.2, -0.15) is 0 Å². The molecule has 1 N–H and O–H groups in total. The van der Waals surface area contributed by atoms with Crippen LogP contribution in [0.15, 0.2) is 46.9 Å². The monoisotopic (exact) mass is 498 g/mol. The van der Waals surface area contributed by atoms with E-state index in [1.165, 1.54) is 17.0 Å². The van der Waals surface area contributed by atoms with Crippen molar-refractivity contribution in [2.75, 3.05) is 6.61 Å². The first-order valence-corrected chi connectivity index (χ1v) is 10.8.